The maximum Gasteiger partial charge on any atom is 0.178 e. The van der Waals surface area contributed by atoms with E-state index in [1.54, 1.807) is 13.1 Å². The summed E-state index contributed by atoms with van der Waals surface area (Å²) >= 11 is 0. The summed E-state index contributed by atoms with van der Waals surface area (Å²) in [6, 6.07) is 3.85. The van der Waals surface area contributed by atoms with Crippen molar-refractivity contribution in [3.63, 3.8) is 0 Å². The molecule has 1 aliphatic rings. The summed E-state index contributed by atoms with van der Waals surface area (Å²) in [7, 11) is 2.13. The molecule has 1 fully saturated rings. The molecule has 1 aliphatic heterocycles. The van der Waals surface area contributed by atoms with Gasteiger partial charge in [0.15, 0.2) is 5.78 Å². The highest BCUT2D eigenvalue weighted by Gasteiger charge is 2.15. The molecule has 4 nitrogen and oxygen atoms in total. The Bertz CT molecular complexity index is 384. The predicted octanol–water partition coefficient (Wildman–Crippen LogP) is 1.04. The second-order valence-corrected chi connectivity index (χ2v) is 4.25. The Kier molecular flexibility index (Phi) is 3.19. The quantitative estimate of drug-likeness (QED) is 0.696. The maximum atomic E-state index is 11.2. The highest BCUT2D eigenvalue weighted by Crippen LogP contribution is 2.16. The number of hydrogen-bond acceptors (Lipinski definition) is 4. The van der Waals surface area contributed by atoms with Gasteiger partial charge in [0.2, 0.25) is 0 Å². The fraction of sp³-hybridized carbons (Fsp3) is 0.500. The molecule has 0 saturated carbocycles. The predicted molar refractivity (Wildman–Crippen MR) is 64.0 cm³/mol. The molecule has 4 heteroatoms. The van der Waals surface area contributed by atoms with Gasteiger partial charge in [0.05, 0.1) is 0 Å². The molecule has 1 saturated heterocycles. The van der Waals surface area contributed by atoms with Crippen LogP contribution in [0.5, 0.6) is 0 Å². The van der Waals surface area contributed by atoms with E-state index in [0.29, 0.717) is 5.69 Å². The van der Waals surface area contributed by atoms with Crippen LogP contribution in [0, 0.1) is 0 Å². The van der Waals surface area contributed by atoms with Gasteiger partial charge in [-0.3, -0.25) is 9.78 Å². The van der Waals surface area contributed by atoms with Gasteiger partial charge in [-0.2, -0.15) is 0 Å². The molecule has 1 aromatic heterocycles. The molecule has 0 spiro atoms. The van der Waals surface area contributed by atoms with Crippen LogP contribution >= 0.6 is 0 Å². The molecule has 0 atom stereocenters. The Morgan fingerprint density at radius 2 is 2.00 bits per heavy atom. The number of hydrogen-bond donors (Lipinski definition) is 0. The zero-order valence-electron chi connectivity index (χ0n) is 9.81. The zero-order chi connectivity index (χ0) is 11.5. The van der Waals surface area contributed by atoms with Crippen LogP contribution in [0.4, 0.5) is 5.69 Å². The van der Waals surface area contributed by atoms with Gasteiger partial charge in [0.1, 0.15) is 5.69 Å². The van der Waals surface area contributed by atoms with Crippen LogP contribution in [0.2, 0.25) is 0 Å². The van der Waals surface area contributed by atoms with Gasteiger partial charge in [-0.25, -0.2) is 0 Å². The van der Waals surface area contributed by atoms with E-state index in [9.17, 15) is 4.79 Å². The molecular weight excluding hydrogens is 202 g/mol. The van der Waals surface area contributed by atoms with Crippen LogP contribution < -0.4 is 4.90 Å². The average molecular weight is 219 g/mol. The summed E-state index contributed by atoms with van der Waals surface area (Å²) in [4.78, 5) is 19.9. The van der Waals surface area contributed by atoms with Gasteiger partial charge in [-0.05, 0) is 19.2 Å². The molecule has 0 aliphatic carbocycles. The Morgan fingerprint density at radius 3 is 2.62 bits per heavy atom. The summed E-state index contributed by atoms with van der Waals surface area (Å²) in [6.45, 7) is 5.71. The normalized spacial score (nSPS) is 17.5. The van der Waals surface area contributed by atoms with Gasteiger partial charge >= 0.3 is 0 Å². The zero-order valence-corrected chi connectivity index (χ0v) is 9.81. The second-order valence-electron chi connectivity index (χ2n) is 4.25. The van der Waals surface area contributed by atoms with Crippen molar-refractivity contribution in [1.29, 1.82) is 0 Å². The van der Waals surface area contributed by atoms with Crippen molar-refractivity contribution in [2.24, 2.45) is 0 Å². The fourth-order valence-electron chi connectivity index (χ4n) is 1.87. The topological polar surface area (TPSA) is 36.4 Å². The molecule has 0 aromatic carbocycles. The molecule has 1 aromatic rings. The van der Waals surface area contributed by atoms with Crippen LogP contribution in [0.3, 0.4) is 0 Å². The fourth-order valence-corrected chi connectivity index (χ4v) is 1.87. The lowest BCUT2D eigenvalue weighted by Gasteiger charge is -2.34. The standard InChI is InChI=1S/C12H17N3O/c1-10(16)12-9-11(3-4-13-12)15-7-5-14(2)6-8-15/h3-4,9H,5-8H2,1-2H3. The van der Waals surface area contributed by atoms with E-state index >= 15 is 0 Å². The van der Waals surface area contributed by atoms with Crippen molar-refractivity contribution >= 4 is 11.5 Å². The van der Waals surface area contributed by atoms with Gasteiger partial charge in [-0.1, -0.05) is 0 Å². The number of carbonyl (C=O) groups is 1. The lowest BCUT2D eigenvalue weighted by Crippen LogP contribution is -2.44. The number of anilines is 1. The average Bonchev–Trinajstić information content (AvgIpc) is 2.30. The minimum absolute atomic E-state index is 0.0241. The van der Waals surface area contributed by atoms with Crippen LogP contribution in [0.15, 0.2) is 18.3 Å². The second kappa shape index (κ2) is 4.61. The monoisotopic (exact) mass is 219 g/mol. The number of carbonyl (C=O) groups excluding carboxylic acids is 1. The third-order valence-electron chi connectivity index (χ3n) is 2.97. The molecule has 0 amide bonds. The van der Waals surface area contributed by atoms with Gasteiger partial charge in [0, 0.05) is 45.0 Å². The summed E-state index contributed by atoms with van der Waals surface area (Å²) in [5.74, 6) is 0.0241. The van der Waals surface area contributed by atoms with Crippen molar-refractivity contribution in [3.8, 4) is 0 Å². The summed E-state index contributed by atoms with van der Waals surface area (Å²) in [5.41, 5.74) is 1.66. The molecule has 0 radical (unpaired) electrons. The van der Waals surface area contributed by atoms with E-state index in [1.807, 2.05) is 12.1 Å². The van der Waals surface area contributed by atoms with Gasteiger partial charge in [0.25, 0.3) is 0 Å². The number of pyridine rings is 1. The molecule has 86 valence electrons. The van der Waals surface area contributed by atoms with Crippen molar-refractivity contribution in [2.45, 2.75) is 6.92 Å². The van der Waals surface area contributed by atoms with E-state index in [-0.39, 0.29) is 5.78 Å². The Hall–Kier alpha value is -1.42. The molecule has 2 heterocycles. The van der Waals surface area contributed by atoms with E-state index in [0.717, 1.165) is 31.9 Å². The number of piperazine rings is 1. The maximum absolute atomic E-state index is 11.2. The largest absolute Gasteiger partial charge is 0.369 e. The minimum Gasteiger partial charge on any atom is -0.369 e. The van der Waals surface area contributed by atoms with Crippen LogP contribution in [0.25, 0.3) is 0 Å². The molecule has 2 rings (SSSR count). The molecular formula is C12H17N3O. The first-order chi connectivity index (χ1) is 7.66. The number of nitrogens with zero attached hydrogens (tertiary/aromatic N) is 3. The van der Waals surface area contributed by atoms with Crippen molar-refractivity contribution in [2.75, 3.05) is 38.1 Å². The number of aromatic nitrogens is 1. The van der Waals surface area contributed by atoms with Gasteiger partial charge < -0.3 is 9.80 Å². The number of likely N-dealkylation sites (N-methyl/N-ethyl adjacent to an activating group) is 1. The summed E-state index contributed by atoms with van der Waals surface area (Å²) in [5, 5.41) is 0. The van der Waals surface area contributed by atoms with Crippen molar-refractivity contribution in [1.82, 2.24) is 9.88 Å². The molecule has 16 heavy (non-hydrogen) atoms. The van der Waals surface area contributed by atoms with Crippen molar-refractivity contribution in [3.05, 3.63) is 24.0 Å². The lowest BCUT2D eigenvalue weighted by molar-refractivity contribution is 0.101. The third kappa shape index (κ3) is 2.39. The Balaban J connectivity index is 2.14. The van der Waals surface area contributed by atoms with Crippen LogP contribution in [-0.2, 0) is 0 Å². The first-order valence-electron chi connectivity index (χ1n) is 5.57. The van der Waals surface area contributed by atoms with Crippen LogP contribution in [0.1, 0.15) is 17.4 Å². The summed E-state index contributed by atoms with van der Waals surface area (Å²) < 4.78 is 0. The van der Waals surface area contributed by atoms with Crippen LogP contribution in [-0.4, -0.2) is 48.9 Å². The van der Waals surface area contributed by atoms with E-state index in [4.69, 9.17) is 0 Å². The molecule has 0 N–H and O–H groups in total. The summed E-state index contributed by atoms with van der Waals surface area (Å²) in [6.07, 6.45) is 1.71. The minimum atomic E-state index is 0.0241. The van der Waals surface area contributed by atoms with Crippen molar-refractivity contribution < 1.29 is 4.79 Å². The number of Topliss-reactive ketones (excluding diaryl/α,β-unsaturated/α-hetero) is 1. The van der Waals surface area contributed by atoms with E-state index in [2.05, 4.69) is 21.8 Å². The van der Waals surface area contributed by atoms with Gasteiger partial charge in [-0.15, -0.1) is 0 Å². The number of rotatable bonds is 2. The Morgan fingerprint density at radius 1 is 1.31 bits per heavy atom. The van der Waals surface area contributed by atoms with E-state index < -0.39 is 0 Å². The van der Waals surface area contributed by atoms with E-state index in [1.165, 1.54) is 0 Å². The molecule has 0 bridgehead atoms. The highest BCUT2D eigenvalue weighted by atomic mass is 16.1. The SMILES string of the molecule is CC(=O)c1cc(N2CCN(C)CC2)ccn1. The smallest absolute Gasteiger partial charge is 0.178 e. The Labute approximate surface area is 95.9 Å². The highest BCUT2D eigenvalue weighted by molar-refractivity contribution is 5.92. The lowest BCUT2D eigenvalue weighted by atomic mass is 10.2. The third-order valence-corrected chi connectivity index (χ3v) is 2.97. The number of ketones is 1. The first kappa shape index (κ1) is 11.1. The molecule has 0 unspecified atom stereocenters. The first-order valence-corrected chi connectivity index (χ1v) is 5.57.